The van der Waals surface area contributed by atoms with E-state index in [2.05, 4.69) is 34.3 Å². The highest BCUT2D eigenvalue weighted by Gasteiger charge is 2.30. The smallest absolute Gasteiger partial charge is 0.0607 e. The van der Waals surface area contributed by atoms with E-state index in [1.165, 1.54) is 24.1 Å². The normalized spacial score (nSPS) is 30.3. The Morgan fingerprint density at radius 2 is 2.44 bits per heavy atom. The number of piperazine rings is 1. The van der Waals surface area contributed by atoms with Crippen LogP contribution in [0.4, 0.5) is 0 Å². The first-order valence-electron chi connectivity index (χ1n) is 6.26. The van der Waals surface area contributed by atoms with Crippen molar-refractivity contribution in [2.75, 3.05) is 19.6 Å². The van der Waals surface area contributed by atoms with E-state index in [-0.39, 0.29) is 0 Å². The largest absolute Gasteiger partial charge is 0.312 e. The second kappa shape index (κ2) is 4.15. The molecular weight excluding hydrogens is 198 g/mol. The highest BCUT2D eigenvalue weighted by molar-refractivity contribution is 5.28. The topological polar surface area (TPSA) is 28.2 Å². The molecule has 1 N–H and O–H groups in total. The van der Waals surface area contributed by atoms with E-state index in [4.69, 9.17) is 0 Å². The monoisotopic (exact) mass is 217 g/mol. The maximum absolute atomic E-state index is 4.58. The Hall–Kier alpha value is -0.930. The van der Waals surface area contributed by atoms with Crippen LogP contribution in [0.25, 0.3) is 0 Å². The first-order chi connectivity index (χ1) is 7.84. The van der Waals surface area contributed by atoms with E-state index in [1.54, 1.807) is 0 Å². The number of fused-ring (bicyclic) bond motifs is 1. The van der Waals surface area contributed by atoms with Gasteiger partial charge in [-0.05, 0) is 31.4 Å². The predicted octanol–water partition coefficient (Wildman–Crippen LogP) is 1.36. The fourth-order valence-electron chi connectivity index (χ4n) is 2.99. The van der Waals surface area contributed by atoms with E-state index < -0.39 is 0 Å². The van der Waals surface area contributed by atoms with Crippen molar-refractivity contribution in [1.82, 2.24) is 15.2 Å². The summed E-state index contributed by atoms with van der Waals surface area (Å²) in [5.74, 6) is 0. The van der Waals surface area contributed by atoms with E-state index in [0.29, 0.717) is 12.1 Å². The molecule has 0 radical (unpaired) electrons. The molecule has 1 aliphatic carbocycles. The lowest BCUT2D eigenvalue weighted by atomic mass is 10.1. The molecular formula is C13H19N3. The quantitative estimate of drug-likeness (QED) is 0.770. The lowest BCUT2D eigenvalue weighted by Crippen LogP contribution is -2.50. The van der Waals surface area contributed by atoms with Crippen molar-refractivity contribution in [1.29, 1.82) is 0 Å². The number of hydrogen-bond acceptors (Lipinski definition) is 3. The van der Waals surface area contributed by atoms with E-state index in [9.17, 15) is 0 Å². The van der Waals surface area contributed by atoms with Gasteiger partial charge in [0.25, 0.3) is 0 Å². The Kier molecular flexibility index (Phi) is 2.65. The van der Waals surface area contributed by atoms with Gasteiger partial charge in [0.05, 0.1) is 11.7 Å². The summed E-state index contributed by atoms with van der Waals surface area (Å²) in [5.41, 5.74) is 2.79. The Balaban J connectivity index is 1.81. The SMILES string of the molecule is CC1CN(C2CCc3cccnc32)CCN1. The molecule has 0 aromatic carbocycles. The third kappa shape index (κ3) is 1.74. The van der Waals surface area contributed by atoms with Gasteiger partial charge in [0.1, 0.15) is 0 Å². The van der Waals surface area contributed by atoms with Crippen LogP contribution >= 0.6 is 0 Å². The lowest BCUT2D eigenvalue weighted by Gasteiger charge is -2.36. The highest BCUT2D eigenvalue weighted by Crippen LogP contribution is 2.34. The molecule has 3 heteroatoms. The number of aryl methyl sites for hydroxylation is 1. The minimum atomic E-state index is 0.570. The third-order valence-electron chi connectivity index (χ3n) is 3.77. The lowest BCUT2D eigenvalue weighted by molar-refractivity contribution is 0.146. The number of nitrogens with zero attached hydrogens (tertiary/aromatic N) is 2. The van der Waals surface area contributed by atoms with Crippen LogP contribution in [-0.2, 0) is 6.42 Å². The standard InChI is InChI=1S/C13H19N3/c1-10-9-16(8-7-14-10)12-5-4-11-3-2-6-15-13(11)12/h2-3,6,10,12,14H,4-5,7-9H2,1H3. The maximum Gasteiger partial charge on any atom is 0.0607 e. The Labute approximate surface area is 96.9 Å². The summed E-state index contributed by atoms with van der Waals surface area (Å²) < 4.78 is 0. The molecule has 1 fully saturated rings. The molecule has 3 nitrogen and oxygen atoms in total. The molecule has 1 aromatic rings. The van der Waals surface area contributed by atoms with Gasteiger partial charge in [-0.2, -0.15) is 0 Å². The first-order valence-corrected chi connectivity index (χ1v) is 6.26. The van der Waals surface area contributed by atoms with Crippen molar-refractivity contribution >= 4 is 0 Å². The van der Waals surface area contributed by atoms with Crippen molar-refractivity contribution in [2.45, 2.75) is 31.8 Å². The third-order valence-corrected chi connectivity index (χ3v) is 3.77. The van der Waals surface area contributed by atoms with Crippen molar-refractivity contribution in [2.24, 2.45) is 0 Å². The molecule has 1 saturated heterocycles. The average molecular weight is 217 g/mol. The molecule has 1 aliphatic heterocycles. The van der Waals surface area contributed by atoms with Crippen LogP contribution in [-0.4, -0.2) is 35.6 Å². The van der Waals surface area contributed by atoms with Crippen molar-refractivity contribution in [3.05, 3.63) is 29.6 Å². The van der Waals surface area contributed by atoms with Gasteiger partial charge < -0.3 is 5.32 Å². The van der Waals surface area contributed by atoms with Crippen LogP contribution < -0.4 is 5.32 Å². The van der Waals surface area contributed by atoms with Gasteiger partial charge in [-0.1, -0.05) is 6.07 Å². The summed E-state index contributed by atoms with van der Waals surface area (Å²) in [5, 5.41) is 3.50. The molecule has 1 aromatic heterocycles. The van der Waals surface area contributed by atoms with Crippen LogP contribution in [0.2, 0.25) is 0 Å². The minimum Gasteiger partial charge on any atom is -0.312 e. The molecule has 16 heavy (non-hydrogen) atoms. The first kappa shape index (κ1) is 10.2. The summed E-state index contributed by atoms with van der Waals surface area (Å²) in [6, 6.07) is 5.47. The summed E-state index contributed by atoms with van der Waals surface area (Å²) in [6.07, 6.45) is 4.38. The fraction of sp³-hybridized carbons (Fsp3) is 0.615. The number of nitrogens with one attached hydrogen (secondary N) is 1. The van der Waals surface area contributed by atoms with Crippen molar-refractivity contribution in [3.63, 3.8) is 0 Å². The number of hydrogen-bond donors (Lipinski definition) is 1. The molecule has 2 aliphatic rings. The maximum atomic E-state index is 4.58. The second-order valence-corrected chi connectivity index (χ2v) is 4.95. The molecule has 2 heterocycles. The predicted molar refractivity (Wildman–Crippen MR) is 64.3 cm³/mol. The van der Waals surface area contributed by atoms with Gasteiger partial charge in [0, 0.05) is 31.9 Å². The van der Waals surface area contributed by atoms with E-state index in [0.717, 1.165) is 19.6 Å². The van der Waals surface area contributed by atoms with Crippen LogP contribution in [0.15, 0.2) is 18.3 Å². The van der Waals surface area contributed by atoms with Gasteiger partial charge in [-0.3, -0.25) is 9.88 Å². The zero-order chi connectivity index (χ0) is 11.0. The Morgan fingerprint density at radius 3 is 3.31 bits per heavy atom. The van der Waals surface area contributed by atoms with Crippen molar-refractivity contribution < 1.29 is 0 Å². The molecule has 0 bridgehead atoms. The number of pyridine rings is 1. The molecule has 2 atom stereocenters. The fourth-order valence-corrected chi connectivity index (χ4v) is 2.99. The van der Waals surface area contributed by atoms with Gasteiger partial charge in [-0.25, -0.2) is 0 Å². The van der Waals surface area contributed by atoms with Gasteiger partial charge >= 0.3 is 0 Å². The van der Waals surface area contributed by atoms with Gasteiger partial charge in [-0.15, -0.1) is 0 Å². The number of aromatic nitrogens is 1. The summed E-state index contributed by atoms with van der Waals surface area (Å²) >= 11 is 0. The van der Waals surface area contributed by atoms with Crippen molar-refractivity contribution in [3.8, 4) is 0 Å². The minimum absolute atomic E-state index is 0.570. The number of rotatable bonds is 1. The zero-order valence-corrected chi connectivity index (χ0v) is 9.82. The van der Waals surface area contributed by atoms with E-state index in [1.807, 2.05) is 6.20 Å². The van der Waals surface area contributed by atoms with Crippen LogP contribution in [0.1, 0.15) is 30.6 Å². The van der Waals surface area contributed by atoms with Crippen LogP contribution in [0.5, 0.6) is 0 Å². The zero-order valence-electron chi connectivity index (χ0n) is 9.82. The summed E-state index contributed by atoms with van der Waals surface area (Å²) in [6.45, 7) is 5.69. The molecule has 2 unspecified atom stereocenters. The summed E-state index contributed by atoms with van der Waals surface area (Å²) in [4.78, 5) is 7.18. The molecule has 3 rings (SSSR count). The molecule has 0 amide bonds. The van der Waals surface area contributed by atoms with Gasteiger partial charge in [0.15, 0.2) is 0 Å². The van der Waals surface area contributed by atoms with Crippen LogP contribution in [0, 0.1) is 0 Å². The molecule has 0 spiro atoms. The van der Waals surface area contributed by atoms with Gasteiger partial charge in [0.2, 0.25) is 0 Å². The molecule has 0 saturated carbocycles. The van der Waals surface area contributed by atoms with E-state index >= 15 is 0 Å². The Bertz CT molecular complexity index is 377. The molecule has 86 valence electrons. The van der Waals surface area contributed by atoms with Crippen LogP contribution in [0.3, 0.4) is 0 Å². The average Bonchev–Trinajstić information content (AvgIpc) is 2.72. The Morgan fingerprint density at radius 1 is 1.50 bits per heavy atom. The highest BCUT2D eigenvalue weighted by atomic mass is 15.2. The second-order valence-electron chi connectivity index (χ2n) is 4.95. The summed E-state index contributed by atoms with van der Waals surface area (Å²) in [7, 11) is 0.